The topological polar surface area (TPSA) is 0 Å². The van der Waals surface area contributed by atoms with E-state index >= 15 is 0 Å². The maximum atomic E-state index is 3.70. The Kier molecular flexibility index (Phi) is 9.49. The van der Waals surface area contributed by atoms with Crippen molar-refractivity contribution in [1.82, 2.24) is 0 Å². The van der Waals surface area contributed by atoms with Crippen molar-refractivity contribution in [2.24, 2.45) is 0 Å². The molecule has 1 aliphatic carbocycles. The largest absolute Gasteiger partial charge is 0.147 e. The van der Waals surface area contributed by atoms with Gasteiger partial charge >= 0.3 is 71.2 Å². The SMILES string of the molecule is C=CCC1=[C]([Zr])CC=C1.Cl.Cl. The van der Waals surface area contributed by atoms with Gasteiger partial charge in [-0.1, -0.05) is 0 Å². The summed E-state index contributed by atoms with van der Waals surface area (Å²) >= 11 is 1.56. The molecule has 0 spiro atoms. The van der Waals surface area contributed by atoms with E-state index in [1.807, 2.05) is 6.08 Å². The molecule has 0 saturated heterocycles. The van der Waals surface area contributed by atoms with E-state index < -0.39 is 0 Å². The molecular weight excluding hydrogens is 258 g/mol. The Balaban J connectivity index is 0. The summed E-state index contributed by atoms with van der Waals surface area (Å²) in [6, 6.07) is 0. The molecule has 0 aromatic heterocycles. The van der Waals surface area contributed by atoms with Crippen LogP contribution in [0, 0.1) is 0 Å². The van der Waals surface area contributed by atoms with Gasteiger partial charge < -0.3 is 0 Å². The van der Waals surface area contributed by atoms with E-state index in [2.05, 4.69) is 18.7 Å². The molecule has 1 aliphatic rings. The molecule has 61 valence electrons. The van der Waals surface area contributed by atoms with Crippen LogP contribution in [0.4, 0.5) is 0 Å². The van der Waals surface area contributed by atoms with E-state index in [0.29, 0.717) is 0 Å². The quantitative estimate of drug-likeness (QED) is 0.675. The van der Waals surface area contributed by atoms with Crippen LogP contribution in [-0.2, 0) is 24.7 Å². The summed E-state index contributed by atoms with van der Waals surface area (Å²) in [4.78, 5) is 0. The third-order valence-corrected chi connectivity index (χ3v) is 2.68. The van der Waals surface area contributed by atoms with Gasteiger partial charge in [-0.15, -0.1) is 24.8 Å². The van der Waals surface area contributed by atoms with Gasteiger partial charge in [-0.05, 0) is 0 Å². The van der Waals surface area contributed by atoms with Crippen LogP contribution in [0.15, 0.2) is 33.7 Å². The van der Waals surface area contributed by atoms with Crippen molar-refractivity contribution in [3.8, 4) is 0 Å². The van der Waals surface area contributed by atoms with Gasteiger partial charge in [0.1, 0.15) is 0 Å². The molecule has 0 N–H and O–H groups in total. The predicted octanol–water partition coefficient (Wildman–Crippen LogP) is 3.17. The van der Waals surface area contributed by atoms with Crippen molar-refractivity contribution in [2.45, 2.75) is 12.8 Å². The van der Waals surface area contributed by atoms with Gasteiger partial charge in [-0.3, -0.25) is 0 Å². The van der Waals surface area contributed by atoms with Crippen LogP contribution in [0.3, 0.4) is 0 Å². The van der Waals surface area contributed by atoms with Gasteiger partial charge in [0.25, 0.3) is 0 Å². The van der Waals surface area contributed by atoms with Crippen molar-refractivity contribution >= 4 is 24.8 Å². The normalized spacial score (nSPS) is 13.7. The van der Waals surface area contributed by atoms with Gasteiger partial charge in [0, 0.05) is 0 Å². The number of halogens is 2. The van der Waals surface area contributed by atoms with Crippen LogP contribution < -0.4 is 0 Å². The second kappa shape index (κ2) is 7.34. The first-order valence-electron chi connectivity index (χ1n) is 3.05. The molecule has 0 atom stereocenters. The van der Waals surface area contributed by atoms with Crippen molar-refractivity contribution in [3.05, 3.63) is 33.7 Å². The summed E-state index contributed by atoms with van der Waals surface area (Å²) in [5.41, 5.74) is 1.49. The summed E-state index contributed by atoms with van der Waals surface area (Å²) in [5, 5.41) is 0. The fraction of sp³-hybridized carbons (Fsp3) is 0.250. The van der Waals surface area contributed by atoms with Crippen molar-refractivity contribution in [1.29, 1.82) is 0 Å². The van der Waals surface area contributed by atoms with E-state index in [-0.39, 0.29) is 24.8 Å². The zero-order chi connectivity index (χ0) is 6.69. The Morgan fingerprint density at radius 3 is 2.55 bits per heavy atom. The smallest absolute Gasteiger partial charge is 0.147 e. The summed E-state index contributed by atoms with van der Waals surface area (Å²) < 4.78 is 1.59. The van der Waals surface area contributed by atoms with Crippen LogP contribution in [0.5, 0.6) is 0 Å². The monoisotopic (exact) mass is 267 g/mol. The van der Waals surface area contributed by atoms with Crippen LogP contribution in [0.2, 0.25) is 0 Å². The second-order valence-electron chi connectivity index (χ2n) is 2.10. The Morgan fingerprint density at radius 2 is 2.18 bits per heavy atom. The fourth-order valence-electron chi connectivity index (χ4n) is 0.897. The van der Waals surface area contributed by atoms with Crippen molar-refractivity contribution in [2.75, 3.05) is 0 Å². The maximum Gasteiger partial charge on any atom is -0.147 e. The van der Waals surface area contributed by atoms with Crippen LogP contribution in [0.25, 0.3) is 0 Å². The van der Waals surface area contributed by atoms with Crippen molar-refractivity contribution in [3.63, 3.8) is 0 Å². The third kappa shape index (κ3) is 4.30. The van der Waals surface area contributed by atoms with Gasteiger partial charge in [-0.2, -0.15) is 0 Å². The molecule has 0 radical (unpaired) electrons. The molecule has 0 heterocycles. The first kappa shape index (κ1) is 14.2. The summed E-state index contributed by atoms with van der Waals surface area (Å²) in [6.45, 7) is 3.70. The molecule has 0 aromatic rings. The zero-order valence-corrected chi connectivity index (χ0v) is 10.3. The van der Waals surface area contributed by atoms with E-state index in [1.54, 1.807) is 28.0 Å². The Hall–Kier alpha value is 0.683. The summed E-state index contributed by atoms with van der Waals surface area (Å²) in [6.07, 6.45) is 8.64. The minimum absolute atomic E-state index is 0. The first-order valence-corrected chi connectivity index (χ1v) is 4.28. The van der Waals surface area contributed by atoms with Gasteiger partial charge in [0.2, 0.25) is 0 Å². The minimum atomic E-state index is 0. The number of hydrogen-bond donors (Lipinski definition) is 0. The summed E-state index contributed by atoms with van der Waals surface area (Å²) in [7, 11) is 0. The Labute approximate surface area is 95.5 Å². The van der Waals surface area contributed by atoms with E-state index in [0.717, 1.165) is 6.42 Å². The molecule has 0 bridgehead atoms. The second-order valence-corrected chi connectivity index (χ2v) is 3.59. The summed E-state index contributed by atoms with van der Waals surface area (Å²) in [5.74, 6) is 0. The van der Waals surface area contributed by atoms with Crippen LogP contribution in [-0.4, -0.2) is 0 Å². The standard InChI is InChI=1S/C8H9.2ClH.Zr/c1-2-5-8-6-3-4-7-8;;;/h2-3,6H,1,4-5H2;2*1H;. The molecule has 3 heteroatoms. The Morgan fingerprint density at radius 1 is 1.55 bits per heavy atom. The average Bonchev–Trinajstić information content (AvgIpc) is 2.18. The molecule has 0 fully saturated rings. The molecule has 0 amide bonds. The average molecular weight is 269 g/mol. The van der Waals surface area contributed by atoms with E-state index in [9.17, 15) is 0 Å². The number of rotatable bonds is 2. The van der Waals surface area contributed by atoms with Gasteiger partial charge in [-0.25, -0.2) is 0 Å². The minimum Gasteiger partial charge on any atom is -0.147 e. The molecule has 0 aliphatic heterocycles. The molecule has 0 unspecified atom stereocenters. The van der Waals surface area contributed by atoms with E-state index in [4.69, 9.17) is 0 Å². The van der Waals surface area contributed by atoms with Crippen LogP contribution >= 0.6 is 24.8 Å². The maximum absolute atomic E-state index is 3.70. The molecule has 1 rings (SSSR count). The Bertz CT molecular complexity index is 183. The van der Waals surface area contributed by atoms with Gasteiger partial charge in [0.05, 0.1) is 0 Å². The molecule has 0 nitrogen and oxygen atoms in total. The molecular formula is C8H11Cl2Zr. The first-order chi connectivity index (χ1) is 4.34. The molecule has 11 heavy (non-hydrogen) atoms. The zero-order valence-electron chi connectivity index (χ0n) is 6.17. The third-order valence-electron chi connectivity index (χ3n) is 1.39. The molecule has 0 saturated carbocycles. The molecule has 0 aromatic carbocycles. The fourth-order valence-corrected chi connectivity index (χ4v) is 1.64. The van der Waals surface area contributed by atoms with Gasteiger partial charge in [0.15, 0.2) is 0 Å². The predicted molar refractivity (Wildman–Crippen MR) is 50.1 cm³/mol. The van der Waals surface area contributed by atoms with E-state index in [1.165, 1.54) is 12.0 Å². The number of hydrogen-bond acceptors (Lipinski definition) is 0. The van der Waals surface area contributed by atoms with Crippen LogP contribution in [0.1, 0.15) is 12.8 Å². The van der Waals surface area contributed by atoms with Crippen molar-refractivity contribution < 1.29 is 24.7 Å². The number of allylic oxidation sites excluding steroid dienone is 5.